The van der Waals surface area contributed by atoms with E-state index < -0.39 is 36.6 Å². The summed E-state index contributed by atoms with van der Waals surface area (Å²) in [4.78, 5) is 24.1. The molecule has 1 aromatic carbocycles. The van der Waals surface area contributed by atoms with Crippen LogP contribution in [0.25, 0.3) is 5.82 Å². The summed E-state index contributed by atoms with van der Waals surface area (Å²) in [5, 5.41) is 28.5. The topological polar surface area (TPSA) is 164 Å². The zero-order chi connectivity index (χ0) is 27.5. The molecule has 38 heavy (non-hydrogen) atoms. The molecule has 11 nitrogen and oxygen atoms in total. The van der Waals surface area contributed by atoms with E-state index in [9.17, 15) is 23.1 Å². The standard InChI is InChI=1S/C24H25F3N8O3/c1-14-4-5-16(23(24(25,26)27)6-2-3-15(9-23)21(28)38)7-18(14)34-22-32-13-33-35(22)20-8-19(30-12-31-20)29-10-17(37)11-36/h2-8,12-13,17,36-37H,9-11H2,1H3,(H2,28,38)(H,29,30,31)(H,32,33,34). The van der Waals surface area contributed by atoms with Crippen LogP contribution in [0, 0.1) is 6.92 Å². The Kier molecular flexibility index (Phi) is 7.46. The third-order valence-corrected chi connectivity index (χ3v) is 6.12. The highest BCUT2D eigenvalue weighted by Gasteiger charge is 2.55. The summed E-state index contributed by atoms with van der Waals surface area (Å²) >= 11 is 0. The lowest BCUT2D eigenvalue weighted by Crippen LogP contribution is -2.43. The summed E-state index contributed by atoms with van der Waals surface area (Å²) in [6.07, 6.45) is -0.301. The predicted molar refractivity (Wildman–Crippen MR) is 132 cm³/mol. The normalized spacial score (nSPS) is 18.1. The van der Waals surface area contributed by atoms with Gasteiger partial charge in [0.2, 0.25) is 11.9 Å². The van der Waals surface area contributed by atoms with Gasteiger partial charge >= 0.3 is 6.18 Å². The molecular weight excluding hydrogens is 505 g/mol. The number of nitrogens with one attached hydrogen (secondary N) is 2. The molecule has 0 saturated carbocycles. The summed E-state index contributed by atoms with van der Waals surface area (Å²) in [5.41, 5.74) is 3.62. The van der Waals surface area contributed by atoms with Crippen LogP contribution in [0.5, 0.6) is 0 Å². The van der Waals surface area contributed by atoms with E-state index in [4.69, 9.17) is 10.8 Å². The maximum atomic E-state index is 14.5. The number of hydrogen-bond donors (Lipinski definition) is 5. The first-order chi connectivity index (χ1) is 18.0. The van der Waals surface area contributed by atoms with Gasteiger partial charge in [0.15, 0.2) is 5.82 Å². The van der Waals surface area contributed by atoms with E-state index in [1.165, 1.54) is 47.7 Å². The minimum Gasteiger partial charge on any atom is -0.394 e. The molecule has 2 heterocycles. The number of hydrogen-bond acceptors (Lipinski definition) is 9. The van der Waals surface area contributed by atoms with E-state index in [0.717, 1.165) is 6.08 Å². The van der Waals surface area contributed by atoms with Crippen LogP contribution in [-0.4, -0.2) is 66.3 Å². The Morgan fingerprint density at radius 3 is 2.74 bits per heavy atom. The van der Waals surface area contributed by atoms with Crippen LogP contribution in [0.4, 0.5) is 30.6 Å². The van der Waals surface area contributed by atoms with Crippen molar-refractivity contribution in [2.45, 2.75) is 31.0 Å². The molecule has 6 N–H and O–H groups in total. The Morgan fingerprint density at radius 1 is 1.24 bits per heavy atom. The SMILES string of the molecule is Cc1ccc(C2(C(F)(F)F)C=CC=C(C(N)=O)C2)cc1Nc1ncnn1-c1cc(NCC(O)CO)ncn1. The van der Waals surface area contributed by atoms with E-state index in [1.807, 2.05) is 0 Å². The van der Waals surface area contributed by atoms with Gasteiger partial charge in [-0.2, -0.15) is 27.9 Å². The molecular formula is C24H25F3N8O3. The third kappa shape index (κ3) is 5.35. The van der Waals surface area contributed by atoms with Crippen molar-refractivity contribution < 1.29 is 28.2 Å². The van der Waals surface area contributed by atoms with Gasteiger partial charge < -0.3 is 26.6 Å². The molecule has 2 unspecified atom stereocenters. The lowest BCUT2D eigenvalue weighted by molar-refractivity contribution is -0.176. The fourth-order valence-electron chi connectivity index (χ4n) is 3.97. The summed E-state index contributed by atoms with van der Waals surface area (Å²) < 4.78 is 44.7. The Balaban J connectivity index is 1.66. The van der Waals surface area contributed by atoms with Crippen molar-refractivity contribution in [3.63, 3.8) is 0 Å². The number of nitrogens with two attached hydrogens (primary N) is 1. The fourth-order valence-corrected chi connectivity index (χ4v) is 3.97. The van der Waals surface area contributed by atoms with Crippen LogP contribution in [0.2, 0.25) is 0 Å². The lowest BCUT2D eigenvalue weighted by atomic mass is 9.72. The molecule has 1 aliphatic rings. The number of anilines is 3. The van der Waals surface area contributed by atoms with Gasteiger partial charge in [-0.3, -0.25) is 4.79 Å². The molecule has 4 rings (SSSR count). The smallest absolute Gasteiger partial charge is 0.394 e. The summed E-state index contributed by atoms with van der Waals surface area (Å²) in [6.45, 7) is 1.34. The van der Waals surface area contributed by atoms with E-state index in [1.54, 1.807) is 13.0 Å². The molecule has 200 valence electrons. The number of primary amides is 1. The molecule has 0 aliphatic heterocycles. The van der Waals surface area contributed by atoms with E-state index in [-0.39, 0.29) is 29.4 Å². The zero-order valence-corrected chi connectivity index (χ0v) is 20.1. The Bertz CT molecular complexity index is 1390. The minimum absolute atomic E-state index is 0.0451. The number of carbonyl (C=O) groups excluding carboxylic acids is 1. The number of aryl methyl sites for hydroxylation is 1. The van der Waals surface area contributed by atoms with Gasteiger partial charge in [0.25, 0.3) is 0 Å². The monoisotopic (exact) mass is 530 g/mol. The maximum Gasteiger partial charge on any atom is 0.402 e. The number of aliphatic hydroxyl groups is 2. The van der Waals surface area contributed by atoms with Gasteiger partial charge in [-0.25, -0.2) is 9.97 Å². The number of alkyl halides is 3. The molecule has 0 radical (unpaired) electrons. The van der Waals surface area contributed by atoms with Crippen LogP contribution in [0.1, 0.15) is 17.5 Å². The first-order valence-electron chi connectivity index (χ1n) is 11.4. The van der Waals surface area contributed by atoms with Gasteiger partial charge in [0, 0.05) is 23.9 Å². The van der Waals surface area contributed by atoms with Crippen molar-refractivity contribution in [3.05, 3.63) is 71.8 Å². The number of aromatic nitrogens is 5. The molecule has 0 bridgehead atoms. The number of nitrogens with zero attached hydrogens (tertiary/aromatic N) is 5. The Morgan fingerprint density at radius 2 is 2.03 bits per heavy atom. The predicted octanol–water partition coefficient (Wildman–Crippen LogP) is 2.05. The fraction of sp³-hybridized carbons (Fsp3) is 0.292. The zero-order valence-electron chi connectivity index (χ0n) is 20.1. The molecule has 2 aromatic heterocycles. The largest absolute Gasteiger partial charge is 0.402 e. The van der Waals surface area contributed by atoms with Crippen molar-refractivity contribution in [1.29, 1.82) is 0 Å². The first-order valence-corrected chi connectivity index (χ1v) is 11.4. The third-order valence-electron chi connectivity index (χ3n) is 6.12. The molecule has 2 atom stereocenters. The van der Waals surface area contributed by atoms with Crippen LogP contribution in [0.3, 0.4) is 0 Å². The average molecular weight is 531 g/mol. The van der Waals surface area contributed by atoms with Crippen molar-refractivity contribution in [3.8, 4) is 5.82 Å². The molecule has 1 aliphatic carbocycles. The Hall–Kier alpha value is -4.30. The maximum absolute atomic E-state index is 14.5. The van der Waals surface area contributed by atoms with E-state index in [0.29, 0.717) is 17.1 Å². The van der Waals surface area contributed by atoms with Crippen molar-refractivity contribution >= 4 is 23.4 Å². The van der Waals surface area contributed by atoms with Crippen molar-refractivity contribution in [2.75, 3.05) is 23.8 Å². The van der Waals surface area contributed by atoms with E-state index in [2.05, 4.69) is 30.7 Å². The van der Waals surface area contributed by atoms with Gasteiger partial charge in [0.1, 0.15) is 23.9 Å². The van der Waals surface area contributed by atoms with Crippen LogP contribution < -0.4 is 16.4 Å². The summed E-state index contributed by atoms with van der Waals surface area (Å²) in [7, 11) is 0. The Labute approximate surface area is 214 Å². The number of carbonyl (C=O) groups is 1. The lowest BCUT2D eigenvalue weighted by Gasteiger charge is -2.36. The molecule has 14 heteroatoms. The van der Waals surface area contributed by atoms with Crippen molar-refractivity contribution in [1.82, 2.24) is 24.7 Å². The van der Waals surface area contributed by atoms with Gasteiger partial charge in [-0.15, -0.1) is 0 Å². The summed E-state index contributed by atoms with van der Waals surface area (Å²) in [5.74, 6) is -0.112. The quantitative estimate of drug-likeness (QED) is 0.278. The number of halogens is 3. The number of amides is 1. The molecule has 3 aromatic rings. The number of aliphatic hydroxyl groups excluding tert-OH is 2. The number of allylic oxidation sites excluding steroid dienone is 3. The second-order valence-corrected chi connectivity index (χ2v) is 8.69. The molecule has 1 amide bonds. The van der Waals surface area contributed by atoms with Crippen LogP contribution >= 0.6 is 0 Å². The van der Waals surface area contributed by atoms with Crippen LogP contribution in [-0.2, 0) is 10.2 Å². The minimum atomic E-state index is -4.71. The van der Waals surface area contributed by atoms with Crippen LogP contribution in [0.15, 0.2) is 60.7 Å². The number of benzene rings is 1. The second-order valence-electron chi connectivity index (χ2n) is 8.69. The van der Waals surface area contributed by atoms with Crippen molar-refractivity contribution in [2.24, 2.45) is 5.73 Å². The van der Waals surface area contributed by atoms with Gasteiger partial charge in [-0.1, -0.05) is 30.4 Å². The molecule has 0 fully saturated rings. The van der Waals surface area contributed by atoms with E-state index >= 15 is 0 Å². The second kappa shape index (κ2) is 10.6. The van der Waals surface area contributed by atoms with Gasteiger partial charge in [0.05, 0.1) is 12.7 Å². The summed E-state index contributed by atoms with van der Waals surface area (Å²) in [6, 6.07) is 5.80. The molecule has 0 spiro atoms. The van der Waals surface area contributed by atoms with Gasteiger partial charge in [-0.05, 0) is 30.5 Å². The first kappa shape index (κ1) is 26.8. The highest BCUT2D eigenvalue weighted by molar-refractivity contribution is 5.93. The molecule has 0 saturated heterocycles. The average Bonchev–Trinajstić information content (AvgIpc) is 3.36. The highest BCUT2D eigenvalue weighted by atomic mass is 19.4. The number of rotatable bonds is 9. The highest BCUT2D eigenvalue weighted by Crippen LogP contribution is 2.49.